The van der Waals surface area contributed by atoms with Gasteiger partial charge < -0.3 is 14.4 Å². The fraction of sp³-hybridized carbons (Fsp3) is 0.565. The number of aromatic nitrogens is 3. The highest BCUT2D eigenvalue weighted by Gasteiger charge is 2.42. The van der Waals surface area contributed by atoms with Crippen molar-refractivity contribution < 1.29 is 19.1 Å². The minimum absolute atomic E-state index is 0.0115. The van der Waals surface area contributed by atoms with Crippen molar-refractivity contribution in [2.75, 3.05) is 26.2 Å². The van der Waals surface area contributed by atoms with E-state index >= 15 is 0 Å². The number of carbonyl (C=O) groups excluding carboxylic acids is 2. The average Bonchev–Trinajstić information content (AvgIpc) is 3.25. The lowest BCUT2D eigenvalue weighted by Gasteiger charge is -2.43. The smallest absolute Gasteiger partial charge is 0.410 e. The van der Waals surface area contributed by atoms with Crippen molar-refractivity contribution in [1.82, 2.24) is 25.0 Å². The quantitative estimate of drug-likeness (QED) is 0.765. The number of hydrogen-bond donors (Lipinski definition) is 1. The van der Waals surface area contributed by atoms with E-state index in [1.54, 1.807) is 17.3 Å². The minimum Gasteiger partial charge on any atom is -0.492 e. The third kappa shape index (κ3) is 5.20. The summed E-state index contributed by atoms with van der Waals surface area (Å²) >= 11 is 0. The van der Waals surface area contributed by atoms with E-state index in [0.29, 0.717) is 38.4 Å². The van der Waals surface area contributed by atoms with Gasteiger partial charge in [0.2, 0.25) is 5.91 Å². The molecule has 0 spiro atoms. The van der Waals surface area contributed by atoms with Crippen LogP contribution < -0.4 is 4.74 Å². The highest BCUT2D eigenvalue weighted by Crippen LogP contribution is 2.26. The van der Waals surface area contributed by atoms with Gasteiger partial charge in [-0.1, -0.05) is 0 Å². The zero-order chi connectivity index (χ0) is 22.7. The van der Waals surface area contributed by atoms with Crippen molar-refractivity contribution in [2.45, 2.75) is 51.7 Å². The third-order valence-electron chi connectivity index (χ3n) is 5.76. The first kappa shape index (κ1) is 22.1. The van der Waals surface area contributed by atoms with Gasteiger partial charge in [0.15, 0.2) is 0 Å². The zero-order valence-electron chi connectivity index (χ0n) is 18.9. The number of H-pyrrole nitrogens is 1. The maximum atomic E-state index is 13.0. The number of rotatable bonds is 5. The Hall–Kier alpha value is -3.10. The van der Waals surface area contributed by atoms with Crippen LogP contribution in [0.5, 0.6) is 5.75 Å². The molecule has 2 aliphatic heterocycles. The second-order valence-corrected chi connectivity index (χ2v) is 9.43. The van der Waals surface area contributed by atoms with Crippen LogP contribution in [0.25, 0.3) is 11.4 Å². The predicted molar refractivity (Wildman–Crippen MR) is 118 cm³/mol. The van der Waals surface area contributed by atoms with Crippen molar-refractivity contribution in [3.05, 3.63) is 30.6 Å². The monoisotopic (exact) mass is 441 g/mol. The van der Waals surface area contributed by atoms with E-state index in [9.17, 15) is 9.59 Å². The summed E-state index contributed by atoms with van der Waals surface area (Å²) in [4.78, 5) is 33.2. The summed E-state index contributed by atoms with van der Waals surface area (Å²) in [6, 6.07) is 5.23. The van der Waals surface area contributed by atoms with Crippen LogP contribution in [-0.4, -0.2) is 74.9 Å². The number of piperidine rings is 1. The number of likely N-dealkylation sites (tertiary alicyclic amines) is 2. The predicted octanol–water partition coefficient (Wildman–Crippen LogP) is 3.10. The van der Waals surface area contributed by atoms with E-state index in [0.717, 1.165) is 24.2 Å². The number of aromatic amines is 1. The molecule has 0 radical (unpaired) electrons. The molecule has 4 heterocycles. The summed E-state index contributed by atoms with van der Waals surface area (Å²) in [6.45, 7) is 7.93. The Labute approximate surface area is 188 Å². The summed E-state index contributed by atoms with van der Waals surface area (Å²) in [5, 5.41) is 6.82. The highest BCUT2D eigenvalue weighted by atomic mass is 16.6. The van der Waals surface area contributed by atoms with Gasteiger partial charge in [-0.3, -0.25) is 19.8 Å². The Morgan fingerprint density at radius 2 is 2.03 bits per heavy atom. The first-order valence-electron chi connectivity index (χ1n) is 11.2. The molecule has 9 heteroatoms. The standard InChI is InChI=1S/C23H31N5O4/c1-23(2,3)32-22(30)28-12-9-20(28)21(29)27-11-4-5-16(14-27)15-31-17-6-7-18(24-13-17)19-8-10-25-26-19/h6-8,10,13,16,20H,4-5,9,11-12,14-15H2,1-3H3,(H,25,26)/t16-,20+/m1/s1. The molecule has 2 atom stereocenters. The summed E-state index contributed by atoms with van der Waals surface area (Å²) in [5.74, 6) is 0.958. The molecule has 0 aliphatic carbocycles. The molecule has 2 aromatic rings. The minimum atomic E-state index is -0.570. The molecule has 2 amide bonds. The Morgan fingerprint density at radius 1 is 1.19 bits per heavy atom. The summed E-state index contributed by atoms with van der Waals surface area (Å²) in [6.07, 6.45) is 5.59. The molecule has 0 saturated carbocycles. The largest absolute Gasteiger partial charge is 0.492 e. The van der Waals surface area contributed by atoms with Gasteiger partial charge in [0, 0.05) is 31.7 Å². The molecule has 9 nitrogen and oxygen atoms in total. The van der Waals surface area contributed by atoms with Crippen LogP contribution in [0.15, 0.2) is 30.6 Å². The lowest BCUT2D eigenvalue weighted by Crippen LogP contribution is -2.60. The summed E-state index contributed by atoms with van der Waals surface area (Å²) in [7, 11) is 0. The molecule has 1 N–H and O–H groups in total. The van der Waals surface area contributed by atoms with Gasteiger partial charge in [0.05, 0.1) is 24.2 Å². The molecule has 2 saturated heterocycles. The van der Waals surface area contributed by atoms with E-state index in [1.165, 1.54) is 0 Å². The molecule has 4 rings (SSSR count). The van der Waals surface area contributed by atoms with Crippen LogP contribution in [0.3, 0.4) is 0 Å². The second-order valence-electron chi connectivity index (χ2n) is 9.43. The normalized spacial score (nSPS) is 21.1. The van der Waals surface area contributed by atoms with E-state index < -0.39 is 17.7 Å². The number of nitrogens with zero attached hydrogens (tertiary/aromatic N) is 4. The molecule has 0 bridgehead atoms. The van der Waals surface area contributed by atoms with Gasteiger partial charge in [-0.05, 0) is 58.2 Å². The molecule has 0 aromatic carbocycles. The zero-order valence-corrected chi connectivity index (χ0v) is 18.9. The molecule has 2 aliphatic rings. The molecule has 32 heavy (non-hydrogen) atoms. The fourth-order valence-electron chi connectivity index (χ4n) is 4.03. The van der Waals surface area contributed by atoms with Crippen LogP contribution in [0.1, 0.15) is 40.0 Å². The van der Waals surface area contributed by atoms with Gasteiger partial charge in [-0.2, -0.15) is 5.10 Å². The van der Waals surface area contributed by atoms with E-state index in [-0.39, 0.29) is 11.8 Å². The molecule has 2 fully saturated rings. The summed E-state index contributed by atoms with van der Waals surface area (Å²) < 4.78 is 11.4. The van der Waals surface area contributed by atoms with Gasteiger partial charge in [-0.15, -0.1) is 0 Å². The van der Waals surface area contributed by atoms with Crippen molar-refractivity contribution in [3.8, 4) is 17.1 Å². The van der Waals surface area contributed by atoms with Crippen LogP contribution in [0, 0.1) is 5.92 Å². The van der Waals surface area contributed by atoms with Crippen molar-refractivity contribution in [3.63, 3.8) is 0 Å². The van der Waals surface area contributed by atoms with E-state index in [4.69, 9.17) is 9.47 Å². The highest BCUT2D eigenvalue weighted by molar-refractivity contribution is 5.87. The first-order chi connectivity index (χ1) is 15.3. The molecule has 0 unspecified atom stereocenters. The lowest BCUT2D eigenvalue weighted by atomic mass is 9.96. The molecular weight excluding hydrogens is 410 g/mol. The molecular formula is C23H31N5O4. The Kier molecular flexibility index (Phi) is 6.34. The SMILES string of the molecule is CC(C)(C)OC(=O)N1CC[C@H]1C(=O)N1CCC[C@@H](COc2ccc(-c3ccn[nH]3)nc2)C1. The van der Waals surface area contributed by atoms with Crippen molar-refractivity contribution in [1.29, 1.82) is 0 Å². The third-order valence-corrected chi connectivity index (χ3v) is 5.76. The fourth-order valence-corrected chi connectivity index (χ4v) is 4.03. The Bertz CT molecular complexity index is 923. The van der Waals surface area contributed by atoms with E-state index in [2.05, 4.69) is 15.2 Å². The number of amides is 2. The maximum Gasteiger partial charge on any atom is 0.410 e. The lowest BCUT2D eigenvalue weighted by molar-refractivity contribution is -0.143. The van der Waals surface area contributed by atoms with Crippen LogP contribution in [0.4, 0.5) is 4.79 Å². The number of carbonyl (C=O) groups is 2. The Balaban J connectivity index is 1.28. The van der Waals surface area contributed by atoms with Crippen molar-refractivity contribution in [2.24, 2.45) is 5.92 Å². The van der Waals surface area contributed by atoms with Gasteiger partial charge in [-0.25, -0.2) is 4.79 Å². The number of ether oxygens (including phenoxy) is 2. The number of nitrogens with one attached hydrogen (secondary N) is 1. The second kappa shape index (κ2) is 9.18. The topological polar surface area (TPSA) is 101 Å². The summed E-state index contributed by atoms with van der Waals surface area (Å²) in [5.41, 5.74) is 1.09. The van der Waals surface area contributed by atoms with Gasteiger partial charge in [0.25, 0.3) is 0 Å². The average molecular weight is 442 g/mol. The van der Waals surface area contributed by atoms with Gasteiger partial charge >= 0.3 is 6.09 Å². The first-order valence-corrected chi connectivity index (χ1v) is 11.2. The van der Waals surface area contributed by atoms with Crippen LogP contribution >= 0.6 is 0 Å². The van der Waals surface area contributed by atoms with Gasteiger partial charge in [0.1, 0.15) is 17.4 Å². The van der Waals surface area contributed by atoms with E-state index in [1.807, 2.05) is 43.9 Å². The van der Waals surface area contributed by atoms with Crippen LogP contribution in [0.2, 0.25) is 0 Å². The molecule has 172 valence electrons. The van der Waals surface area contributed by atoms with Crippen molar-refractivity contribution >= 4 is 12.0 Å². The maximum absolute atomic E-state index is 13.0. The molecule has 2 aromatic heterocycles. The Morgan fingerprint density at radius 3 is 2.66 bits per heavy atom. The number of pyridine rings is 1. The van der Waals surface area contributed by atoms with Crippen LogP contribution in [-0.2, 0) is 9.53 Å². The number of hydrogen-bond acceptors (Lipinski definition) is 6.